The summed E-state index contributed by atoms with van der Waals surface area (Å²) in [4.78, 5) is 12.6. The molecule has 0 saturated carbocycles. The van der Waals surface area contributed by atoms with Gasteiger partial charge in [-0.2, -0.15) is 13.5 Å². The molecule has 0 aliphatic heterocycles. The summed E-state index contributed by atoms with van der Waals surface area (Å²) in [6.45, 7) is 3.29. The van der Waals surface area contributed by atoms with Gasteiger partial charge in [0.1, 0.15) is 17.2 Å². The van der Waals surface area contributed by atoms with E-state index in [0.29, 0.717) is 0 Å². The smallest absolute Gasteiger partial charge is 0.282 e. The van der Waals surface area contributed by atoms with Gasteiger partial charge < -0.3 is 5.32 Å². The minimum absolute atomic E-state index is 0.151. The quantitative estimate of drug-likeness (QED) is 0.604. The minimum atomic E-state index is -4.21. The van der Waals surface area contributed by atoms with Gasteiger partial charge in [0.25, 0.3) is 15.9 Å². The van der Waals surface area contributed by atoms with Crippen LogP contribution in [0, 0.1) is 25.5 Å². The molecule has 7 nitrogen and oxygen atoms in total. The number of anilines is 2. The number of carbonyl (C=O) groups is 1. The van der Waals surface area contributed by atoms with Crippen molar-refractivity contribution in [3.05, 3.63) is 70.9 Å². The standard InChI is InChI=1S/C18H16F2N4O3S/c1-10-3-6-13(7-4-10)24-28(26,27)18-16(11(2)22-23-18)17(25)21-15-9-12(19)5-8-14(15)20/h3-9,24H,1-2H3,(H,21,25)(H,22,23). The Labute approximate surface area is 159 Å². The van der Waals surface area contributed by atoms with Gasteiger partial charge in [-0.1, -0.05) is 17.7 Å². The molecule has 10 heteroatoms. The second-order valence-corrected chi connectivity index (χ2v) is 7.68. The monoisotopic (exact) mass is 406 g/mol. The molecule has 0 aliphatic carbocycles. The molecular formula is C18H16F2N4O3S. The molecule has 0 fully saturated rings. The predicted molar refractivity (Wildman–Crippen MR) is 99.6 cm³/mol. The van der Waals surface area contributed by atoms with E-state index < -0.39 is 38.3 Å². The molecule has 0 spiro atoms. The number of nitrogens with one attached hydrogen (secondary N) is 3. The first-order valence-electron chi connectivity index (χ1n) is 8.08. The van der Waals surface area contributed by atoms with Crippen LogP contribution in [0.3, 0.4) is 0 Å². The summed E-state index contributed by atoms with van der Waals surface area (Å²) in [5.74, 6) is -2.56. The highest BCUT2D eigenvalue weighted by atomic mass is 32.2. The Bertz CT molecular complexity index is 1140. The van der Waals surface area contributed by atoms with Crippen molar-refractivity contribution in [2.45, 2.75) is 18.9 Å². The van der Waals surface area contributed by atoms with Crippen LogP contribution >= 0.6 is 0 Å². The Hall–Kier alpha value is -3.27. The molecule has 1 aromatic heterocycles. The molecule has 3 rings (SSSR count). The van der Waals surface area contributed by atoms with Crippen molar-refractivity contribution in [3.8, 4) is 0 Å². The number of amides is 1. The number of aromatic amines is 1. The number of hydrogen-bond acceptors (Lipinski definition) is 4. The zero-order valence-electron chi connectivity index (χ0n) is 14.9. The Morgan fingerprint density at radius 3 is 2.43 bits per heavy atom. The summed E-state index contributed by atoms with van der Waals surface area (Å²) in [5, 5.41) is 7.75. The topological polar surface area (TPSA) is 104 Å². The maximum absolute atomic E-state index is 13.8. The fourth-order valence-corrected chi connectivity index (χ4v) is 3.70. The second kappa shape index (κ2) is 7.39. The first kappa shape index (κ1) is 19.5. The number of halogens is 2. The van der Waals surface area contributed by atoms with Gasteiger partial charge in [-0.25, -0.2) is 8.78 Å². The number of sulfonamides is 1. The molecule has 0 bridgehead atoms. The summed E-state index contributed by atoms with van der Waals surface area (Å²) in [5.41, 5.74) is 0.659. The number of hydrogen-bond donors (Lipinski definition) is 3. The molecule has 0 radical (unpaired) electrons. The third kappa shape index (κ3) is 4.01. The highest BCUT2D eigenvalue weighted by Gasteiger charge is 2.29. The van der Waals surface area contributed by atoms with E-state index in [4.69, 9.17) is 0 Å². The van der Waals surface area contributed by atoms with Crippen LogP contribution in [0.25, 0.3) is 0 Å². The molecule has 0 aliphatic rings. The molecule has 0 unspecified atom stereocenters. The van der Waals surface area contributed by atoms with Crippen molar-refractivity contribution >= 4 is 27.3 Å². The van der Waals surface area contributed by atoms with Gasteiger partial charge in [-0.3, -0.25) is 14.6 Å². The van der Waals surface area contributed by atoms with E-state index >= 15 is 0 Å². The van der Waals surface area contributed by atoms with Gasteiger partial charge in [-0.15, -0.1) is 0 Å². The largest absolute Gasteiger partial charge is 0.319 e. The SMILES string of the molecule is Cc1ccc(NS(=O)(=O)c2n[nH]c(C)c2C(=O)Nc2cc(F)ccc2F)cc1. The van der Waals surface area contributed by atoms with Gasteiger partial charge >= 0.3 is 0 Å². The molecule has 3 aromatic rings. The average molecular weight is 406 g/mol. The number of benzene rings is 2. The highest BCUT2D eigenvalue weighted by molar-refractivity contribution is 7.92. The predicted octanol–water partition coefficient (Wildman–Crippen LogP) is 3.36. The van der Waals surface area contributed by atoms with Crippen LogP contribution in [0.15, 0.2) is 47.5 Å². The van der Waals surface area contributed by atoms with Crippen molar-refractivity contribution in [3.63, 3.8) is 0 Å². The summed E-state index contributed by atoms with van der Waals surface area (Å²) >= 11 is 0. The lowest BCUT2D eigenvalue weighted by atomic mass is 10.2. The Morgan fingerprint density at radius 1 is 1.07 bits per heavy atom. The van der Waals surface area contributed by atoms with Crippen LogP contribution in [-0.4, -0.2) is 24.5 Å². The van der Waals surface area contributed by atoms with E-state index in [1.165, 1.54) is 6.92 Å². The maximum Gasteiger partial charge on any atom is 0.282 e. The van der Waals surface area contributed by atoms with Crippen LogP contribution in [0.2, 0.25) is 0 Å². The number of aromatic nitrogens is 2. The third-order valence-corrected chi connectivity index (χ3v) is 5.18. The van der Waals surface area contributed by atoms with E-state index in [1.807, 2.05) is 6.92 Å². The molecule has 0 saturated heterocycles. The van der Waals surface area contributed by atoms with Gasteiger partial charge in [-0.05, 0) is 38.1 Å². The lowest BCUT2D eigenvalue weighted by Gasteiger charge is -2.10. The molecular weight excluding hydrogens is 390 g/mol. The van der Waals surface area contributed by atoms with Crippen LogP contribution < -0.4 is 10.0 Å². The maximum atomic E-state index is 13.8. The van der Waals surface area contributed by atoms with Gasteiger partial charge in [0.05, 0.1) is 5.69 Å². The van der Waals surface area contributed by atoms with Gasteiger partial charge in [0.2, 0.25) is 5.03 Å². The molecule has 146 valence electrons. The average Bonchev–Trinajstić information content (AvgIpc) is 3.02. The minimum Gasteiger partial charge on any atom is -0.319 e. The van der Waals surface area contributed by atoms with Crippen LogP contribution in [0.4, 0.5) is 20.2 Å². The van der Waals surface area contributed by atoms with Crippen LogP contribution in [-0.2, 0) is 10.0 Å². The Morgan fingerprint density at radius 2 is 1.75 bits per heavy atom. The normalized spacial score (nSPS) is 11.3. The molecule has 2 aromatic carbocycles. The van der Waals surface area contributed by atoms with E-state index in [2.05, 4.69) is 20.2 Å². The molecule has 1 amide bonds. The zero-order chi connectivity index (χ0) is 20.5. The number of carbonyl (C=O) groups excluding carboxylic acids is 1. The molecule has 1 heterocycles. The number of nitrogens with zero attached hydrogens (tertiary/aromatic N) is 1. The Balaban J connectivity index is 1.93. The van der Waals surface area contributed by atoms with Crippen molar-refractivity contribution in [1.29, 1.82) is 0 Å². The summed E-state index contributed by atoms with van der Waals surface area (Å²) in [6, 6.07) is 9.10. The highest BCUT2D eigenvalue weighted by Crippen LogP contribution is 2.23. The molecule has 28 heavy (non-hydrogen) atoms. The van der Waals surface area contributed by atoms with Gasteiger partial charge in [0, 0.05) is 17.4 Å². The number of rotatable bonds is 5. The van der Waals surface area contributed by atoms with Crippen molar-refractivity contribution < 1.29 is 22.0 Å². The van der Waals surface area contributed by atoms with Gasteiger partial charge in [0.15, 0.2) is 0 Å². The van der Waals surface area contributed by atoms with Crippen LogP contribution in [0.1, 0.15) is 21.6 Å². The van der Waals surface area contributed by atoms with Crippen molar-refractivity contribution in [1.82, 2.24) is 10.2 Å². The summed E-state index contributed by atoms with van der Waals surface area (Å²) < 4.78 is 54.8. The van der Waals surface area contributed by atoms with E-state index in [0.717, 1.165) is 23.8 Å². The number of aryl methyl sites for hydroxylation is 2. The van der Waals surface area contributed by atoms with E-state index in [-0.39, 0.29) is 16.9 Å². The third-order valence-electron chi connectivity index (χ3n) is 3.88. The lowest BCUT2D eigenvalue weighted by Crippen LogP contribution is -2.21. The molecule has 0 atom stereocenters. The van der Waals surface area contributed by atoms with Crippen molar-refractivity contribution in [2.24, 2.45) is 0 Å². The second-order valence-electron chi connectivity index (χ2n) is 6.08. The Kier molecular flexibility index (Phi) is 5.14. The zero-order valence-corrected chi connectivity index (χ0v) is 15.7. The van der Waals surface area contributed by atoms with Crippen LogP contribution in [0.5, 0.6) is 0 Å². The molecule has 3 N–H and O–H groups in total. The fraction of sp³-hybridized carbons (Fsp3) is 0.111. The van der Waals surface area contributed by atoms with E-state index in [9.17, 15) is 22.0 Å². The first-order valence-corrected chi connectivity index (χ1v) is 9.56. The summed E-state index contributed by atoms with van der Waals surface area (Å²) in [6.07, 6.45) is 0. The van der Waals surface area contributed by atoms with Crippen molar-refractivity contribution in [2.75, 3.05) is 10.0 Å². The number of H-pyrrole nitrogens is 1. The lowest BCUT2D eigenvalue weighted by molar-refractivity contribution is 0.102. The van der Waals surface area contributed by atoms with E-state index in [1.54, 1.807) is 24.3 Å². The fourth-order valence-electron chi connectivity index (χ4n) is 2.47. The summed E-state index contributed by atoms with van der Waals surface area (Å²) in [7, 11) is -4.21. The first-order chi connectivity index (χ1) is 13.2.